The number of fused-ring (bicyclic) bond motifs is 14. The van der Waals surface area contributed by atoms with Gasteiger partial charge in [-0.25, -0.2) is 75.8 Å². The van der Waals surface area contributed by atoms with E-state index >= 15 is 0 Å². The summed E-state index contributed by atoms with van der Waals surface area (Å²) in [5.41, 5.74) is 13.2. The maximum Gasteiger partial charge on any atom is 0.345 e. The first-order valence-electron chi connectivity index (χ1n) is 51.5. The number of benzene rings is 5. The first-order chi connectivity index (χ1) is 73.1. The standard InChI is InChI=1S/C25H25FN4O2.C24H23FN4O2.2C23H21FN4O2.C19H16FN5O2/c1-28-7-2-8-29(10-9-28)19-6-5-17-11-20(25(31)32-23(17)13-19)22-15-30-14-18(16-3-4-16)12-21(26)24(30)27-22;1-14-11-28(7-6-26-14)18-5-4-16-8-19(24(30)31-22(16)10-18)21-13-29-12-17(15-2-3-15)9-20(25)23(29)27-21;24-19-10-16(14-1-2-14)12-28-13-20(26-22(19)28)18-9-15-3-4-17(11-21(15)30-23(18)29)27-7-5-25-6-8-27;24-19-2-1-7-27-14-20(25-22(19)27)18-12-15-3-4-17(13-21(15)30-23(18)29)28-11-10-26-8-5-16(28)6-9-26;20-13-9-22-19-23-16(11-25(19)10-13)15-7-12-1-2-14(8-17(12)27-18(15)26)24-5-3-21-4-6-24/h5-6,11-16H,2-4,7-10H2,1H3;4-5,8-10,12-15,26H,2-3,6-7,11H2,1H3;3-4,9-14,25H,1-2,5-8H2;1-4,7,12-14,16H,5-6,8-11H2;1-2,7-11,21H,3-6H2/t;14-;;;/m.1.../s1. The van der Waals surface area contributed by atoms with Crippen molar-refractivity contribution in [1.82, 2.24) is 77.7 Å². The predicted octanol–water partition coefficient (Wildman–Crippen LogP) is 17.3. The van der Waals surface area contributed by atoms with Crippen LogP contribution in [0.25, 0.3) is 139 Å². The molecular formula is C114H106F5N21O10. The Kier molecular flexibility index (Phi) is 25.0. The lowest BCUT2D eigenvalue weighted by molar-refractivity contribution is 0.250. The number of nitrogens with zero attached hydrogens (tertiary/aromatic N) is 18. The summed E-state index contributed by atoms with van der Waals surface area (Å²) in [6.07, 6.45) is 28.1. The molecule has 5 aromatic carbocycles. The Morgan fingerprint density at radius 2 is 0.707 bits per heavy atom. The second-order valence-corrected chi connectivity index (χ2v) is 40.6. The number of piperazine rings is 3. The highest BCUT2D eigenvalue weighted by Crippen LogP contribution is 2.45. The molecule has 2 bridgehead atoms. The normalized spacial score (nSPS) is 18.2. The van der Waals surface area contributed by atoms with E-state index in [-0.39, 0.29) is 40.0 Å². The van der Waals surface area contributed by atoms with E-state index in [2.05, 4.69) is 112 Å². The molecule has 762 valence electrons. The molecule has 15 aromatic heterocycles. The van der Waals surface area contributed by atoms with Gasteiger partial charge in [0, 0.05) is 278 Å². The molecule has 22 heterocycles. The van der Waals surface area contributed by atoms with Crippen LogP contribution in [0.1, 0.15) is 99.2 Å². The van der Waals surface area contributed by atoms with Crippen LogP contribution in [0.3, 0.4) is 0 Å². The summed E-state index contributed by atoms with van der Waals surface area (Å²) in [5, 5.41) is 14.2. The zero-order chi connectivity index (χ0) is 102. The predicted molar refractivity (Wildman–Crippen MR) is 568 cm³/mol. The molecule has 3 aliphatic carbocycles. The molecule has 10 fully saturated rings. The van der Waals surface area contributed by atoms with Gasteiger partial charge in [0.2, 0.25) is 5.78 Å². The summed E-state index contributed by atoms with van der Waals surface area (Å²) in [4.78, 5) is 106. The highest BCUT2D eigenvalue weighted by Gasteiger charge is 2.34. The maximum absolute atomic E-state index is 14.6. The van der Waals surface area contributed by atoms with Crippen molar-refractivity contribution in [3.8, 4) is 56.3 Å². The van der Waals surface area contributed by atoms with Crippen LogP contribution >= 0.6 is 0 Å². The van der Waals surface area contributed by atoms with Crippen LogP contribution in [0.4, 0.5) is 50.4 Å². The van der Waals surface area contributed by atoms with E-state index in [1.54, 1.807) is 109 Å². The minimum atomic E-state index is -0.483. The molecule has 150 heavy (non-hydrogen) atoms. The summed E-state index contributed by atoms with van der Waals surface area (Å²) in [7, 11) is 2.14. The van der Waals surface area contributed by atoms with Gasteiger partial charge in [-0.15, -0.1) is 0 Å². The molecule has 7 saturated heterocycles. The lowest BCUT2D eigenvalue weighted by Gasteiger charge is -2.33. The van der Waals surface area contributed by atoms with Gasteiger partial charge in [-0.05, 0) is 234 Å². The third-order valence-corrected chi connectivity index (χ3v) is 30.2. The molecule has 3 N–H and O–H groups in total. The molecule has 0 unspecified atom stereocenters. The van der Waals surface area contributed by atoms with E-state index in [0.717, 1.165) is 248 Å². The first kappa shape index (κ1) is 94.9. The first-order valence-corrected chi connectivity index (χ1v) is 51.5. The molecule has 1 atom stereocenters. The lowest BCUT2D eigenvalue weighted by atomic mass is 10.0. The molecule has 31 nitrogen and oxygen atoms in total. The van der Waals surface area contributed by atoms with E-state index in [0.29, 0.717) is 120 Å². The fraction of sp³-hybridized carbons (Fsp3) is 0.307. The number of likely N-dealkylation sites (N-methyl/N-ethyl adjacent to an activating group) is 1. The quantitative estimate of drug-likeness (QED) is 0.0713. The molecule has 0 spiro atoms. The zero-order valence-electron chi connectivity index (χ0n) is 82.5. The van der Waals surface area contributed by atoms with Gasteiger partial charge < -0.3 is 89.9 Å². The molecule has 7 aliphatic heterocycles. The molecule has 10 aliphatic rings. The number of aromatic nitrogens is 11. The SMILES string of the molecule is CN1CCCN(c2ccc3cc(-c4cn5cc(C6CC6)cc(F)c5n4)c(=O)oc3c2)CC1.C[C@@H]1CN(c2ccc3cc(-c4cn5cc(C6CC6)cc(F)c5n4)c(=O)oc3c2)CCN1.O=c1oc2cc(N3CCN4CCC3CC4)ccc2cc1-c1cn2cccc(F)c2n1.O=c1oc2cc(N3CCNCC3)ccc2cc1-c1cn2cc(C3CC3)cc(F)c2n1.O=c1oc2cc(N3CCNCC3)ccc2cc1-c1cn2cc(F)cnc2n1. The molecule has 0 amide bonds. The number of imidazole rings is 5. The Balaban J connectivity index is 0.0000000971. The number of hydrogen-bond acceptors (Lipinski definition) is 26. The van der Waals surface area contributed by atoms with Crippen LogP contribution in [0, 0.1) is 29.1 Å². The van der Waals surface area contributed by atoms with Gasteiger partial charge in [-0.1, -0.05) is 0 Å². The van der Waals surface area contributed by atoms with Gasteiger partial charge >= 0.3 is 28.1 Å². The Bertz CT molecular complexity index is 9010. The van der Waals surface area contributed by atoms with Crippen molar-refractivity contribution in [2.24, 2.45) is 0 Å². The number of anilines is 5. The number of halogens is 5. The average molecular weight is 2030 g/mol. The minimum Gasteiger partial charge on any atom is -0.422 e. The minimum absolute atomic E-state index is 0.189. The van der Waals surface area contributed by atoms with Crippen LogP contribution in [0.5, 0.6) is 0 Å². The van der Waals surface area contributed by atoms with E-state index in [9.17, 15) is 45.9 Å². The number of pyridine rings is 4. The van der Waals surface area contributed by atoms with Gasteiger partial charge in [0.1, 0.15) is 27.9 Å². The van der Waals surface area contributed by atoms with Crippen molar-refractivity contribution in [2.45, 2.75) is 94.5 Å². The Labute approximate surface area is 853 Å². The Morgan fingerprint density at radius 3 is 1.12 bits per heavy atom. The van der Waals surface area contributed by atoms with Crippen LogP contribution < -0.4 is 68.6 Å². The van der Waals surface area contributed by atoms with Crippen molar-refractivity contribution in [3.63, 3.8) is 0 Å². The maximum atomic E-state index is 14.6. The smallest absolute Gasteiger partial charge is 0.345 e. The largest absolute Gasteiger partial charge is 0.422 e. The zero-order valence-corrected chi connectivity index (χ0v) is 82.5. The Morgan fingerprint density at radius 1 is 0.333 bits per heavy atom. The monoisotopic (exact) mass is 2020 g/mol. The average Bonchev–Trinajstić information content (AvgIpc) is 1.61. The second kappa shape index (κ2) is 39.6. The summed E-state index contributed by atoms with van der Waals surface area (Å²) in [5.74, 6) is -0.373. The molecule has 0 radical (unpaired) electrons. The van der Waals surface area contributed by atoms with Crippen LogP contribution in [-0.4, -0.2) is 205 Å². The number of nitrogens with one attached hydrogen (secondary N) is 3. The van der Waals surface area contributed by atoms with Crippen LogP contribution in [-0.2, 0) is 0 Å². The fourth-order valence-corrected chi connectivity index (χ4v) is 21.5. The molecule has 20 aromatic rings. The third-order valence-electron chi connectivity index (χ3n) is 30.2. The third kappa shape index (κ3) is 19.5. The van der Waals surface area contributed by atoms with Crippen molar-refractivity contribution in [2.75, 3.05) is 156 Å². The van der Waals surface area contributed by atoms with E-state index in [4.69, 9.17) is 22.1 Å². The van der Waals surface area contributed by atoms with Crippen molar-refractivity contribution in [1.29, 1.82) is 0 Å². The molecule has 3 saturated carbocycles. The molecule has 36 heteroatoms. The van der Waals surface area contributed by atoms with Gasteiger partial charge in [-0.2, -0.15) is 0 Å². The Hall–Kier alpha value is -16.0. The van der Waals surface area contributed by atoms with Crippen LogP contribution in [0.15, 0.2) is 266 Å². The van der Waals surface area contributed by atoms with Gasteiger partial charge in [0.05, 0.1) is 62.5 Å². The van der Waals surface area contributed by atoms with Crippen LogP contribution in [0.2, 0.25) is 0 Å². The highest BCUT2D eigenvalue weighted by atomic mass is 19.1. The van der Waals surface area contributed by atoms with Crippen molar-refractivity contribution >= 4 is 112 Å². The van der Waals surface area contributed by atoms with E-state index in [1.165, 1.54) is 29.5 Å². The van der Waals surface area contributed by atoms with Crippen molar-refractivity contribution < 1.29 is 44.0 Å². The molecular weight excluding hydrogens is 1920 g/mol. The van der Waals surface area contributed by atoms with Gasteiger partial charge in [0.25, 0.3) is 0 Å². The number of piperidine rings is 1. The summed E-state index contributed by atoms with van der Waals surface area (Å²) in [6.45, 7) is 20.7. The second-order valence-electron chi connectivity index (χ2n) is 40.6. The number of hydrogen-bond donors (Lipinski definition) is 3. The lowest BCUT2D eigenvalue weighted by Crippen LogP contribution is -2.49. The number of rotatable bonds is 13. The summed E-state index contributed by atoms with van der Waals surface area (Å²) >= 11 is 0. The topological polar surface area (TPSA) is 309 Å². The van der Waals surface area contributed by atoms with E-state index < -0.39 is 39.8 Å². The van der Waals surface area contributed by atoms with E-state index in [1.807, 2.05) is 91.4 Å². The fourth-order valence-electron chi connectivity index (χ4n) is 21.5. The summed E-state index contributed by atoms with van der Waals surface area (Å²) in [6, 6.07) is 47.2. The summed E-state index contributed by atoms with van der Waals surface area (Å²) < 4.78 is 107. The van der Waals surface area contributed by atoms with Gasteiger partial charge in [-0.3, -0.25) is 4.40 Å². The van der Waals surface area contributed by atoms with Crippen molar-refractivity contribution in [3.05, 3.63) is 318 Å². The van der Waals surface area contributed by atoms with Gasteiger partial charge in [0.15, 0.2) is 51.7 Å². The highest BCUT2D eigenvalue weighted by molar-refractivity contribution is 5.90. The molecule has 30 rings (SSSR count).